The topological polar surface area (TPSA) is 49.8 Å². The molecule has 0 spiro atoms. The van der Waals surface area contributed by atoms with Crippen LogP contribution in [0.2, 0.25) is 0 Å². The molecule has 0 bridgehead atoms. The summed E-state index contributed by atoms with van der Waals surface area (Å²) in [5.74, 6) is -0.480. The third-order valence-corrected chi connectivity index (χ3v) is 3.65. The number of hydrogen-bond donors (Lipinski definition) is 1. The van der Waals surface area contributed by atoms with Gasteiger partial charge in [-0.1, -0.05) is 30.3 Å². The van der Waals surface area contributed by atoms with E-state index in [0.29, 0.717) is 25.9 Å². The predicted molar refractivity (Wildman–Crippen MR) is 77.1 cm³/mol. The molecular weight excluding hydrogens is 254 g/mol. The van der Waals surface area contributed by atoms with E-state index in [-0.39, 0.29) is 6.10 Å². The molecule has 1 fully saturated rings. The quantitative estimate of drug-likeness (QED) is 0.855. The highest BCUT2D eigenvalue weighted by Crippen LogP contribution is 2.25. The van der Waals surface area contributed by atoms with Gasteiger partial charge in [-0.2, -0.15) is 0 Å². The molecule has 0 aromatic heterocycles. The van der Waals surface area contributed by atoms with E-state index in [4.69, 9.17) is 4.74 Å². The molecule has 1 heterocycles. The molecule has 4 heteroatoms. The van der Waals surface area contributed by atoms with E-state index < -0.39 is 11.6 Å². The van der Waals surface area contributed by atoms with E-state index in [2.05, 4.69) is 17.0 Å². The number of rotatable bonds is 4. The molecule has 1 aromatic rings. The standard InChI is InChI=1S/C16H23NO3/c1-13(2)20-15(18)16(19)8-10-17(11-9-16)12-14-6-4-3-5-7-14/h3-7,13,19H,8-12H2,1-2H3. The van der Waals surface area contributed by atoms with Crippen LogP contribution >= 0.6 is 0 Å². The van der Waals surface area contributed by atoms with E-state index in [1.807, 2.05) is 18.2 Å². The number of nitrogens with zero attached hydrogens (tertiary/aromatic N) is 1. The van der Waals surface area contributed by atoms with Crippen LogP contribution in [0.1, 0.15) is 32.3 Å². The Bertz CT molecular complexity index is 436. The lowest BCUT2D eigenvalue weighted by molar-refractivity contribution is -0.174. The van der Waals surface area contributed by atoms with Crippen molar-refractivity contribution < 1.29 is 14.6 Å². The maximum atomic E-state index is 11.9. The van der Waals surface area contributed by atoms with Gasteiger partial charge in [0.1, 0.15) is 0 Å². The monoisotopic (exact) mass is 277 g/mol. The van der Waals surface area contributed by atoms with Crippen LogP contribution < -0.4 is 0 Å². The summed E-state index contributed by atoms with van der Waals surface area (Å²) in [4.78, 5) is 14.2. The summed E-state index contributed by atoms with van der Waals surface area (Å²) < 4.78 is 5.14. The highest BCUT2D eigenvalue weighted by Gasteiger charge is 2.41. The van der Waals surface area contributed by atoms with Gasteiger partial charge in [0.05, 0.1) is 6.10 Å². The van der Waals surface area contributed by atoms with Crippen molar-refractivity contribution in [1.82, 2.24) is 4.90 Å². The molecule has 20 heavy (non-hydrogen) atoms. The minimum absolute atomic E-state index is 0.186. The first-order valence-corrected chi connectivity index (χ1v) is 7.19. The Morgan fingerprint density at radius 3 is 2.45 bits per heavy atom. The first-order chi connectivity index (χ1) is 9.49. The molecule has 0 amide bonds. The van der Waals surface area contributed by atoms with Crippen molar-refractivity contribution in [3.05, 3.63) is 35.9 Å². The fourth-order valence-electron chi connectivity index (χ4n) is 2.45. The van der Waals surface area contributed by atoms with Crippen LogP contribution in [-0.2, 0) is 16.1 Å². The van der Waals surface area contributed by atoms with Crippen molar-refractivity contribution in [3.8, 4) is 0 Å². The molecule has 1 saturated heterocycles. The summed E-state index contributed by atoms with van der Waals surface area (Å²) >= 11 is 0. The smallest absolute Gasteiger partial charge is 0.338 e. The number of carbonyl (C=O) groups excluding carboxylic acids is 1. The van der Waals surface area contributed by atoms with Gasteiger partial charge in [0.15, 0.2) is 5.60 Å². The van der Waals surface area contributed by atoms with Crippen molar-refractivity contribution in [2.75, 3.05) is 13.1 Å². The Morgan fingerprint density at radius 1 is 1.30 bits per heavy atom. The second kappa shape index (κ2) is 6.37. The number of aliphatic hydroxyl groups is 1. The SMILES string of the molecule is CC(C)OC(=O)C1(O)CCN(Cc2ccccc2)CC1. The highest BCUT2D eigenvalue weighted by atomic mass is 16.6. The summed E-state index contributed by atoms with van der Waals surface area (Å²) in [6.45, 7) is 5.87. The average molecular weight is 277 g/mol. The maximum Gasteiger partial charge on any atom is 0.338 e. The van der Waals surface area contributed by atoms with Crippen molar-refractivity contribution in [2.45, 2.75) is 44.9 Å². The molecule has 110 valence electrons. The largest absolute Gasteiger partial charge is 0.461 e. The molecule has 2 rings (SSSR count). The number of piperidine rings is 1. The van der Waals surface area contributed by atoms with Crippen molar-refractivity contribution in [2.24, 2.45) is 0 Å². The van der Waals surface area contributed by atoms with E-state index in [0.717, 1.165) is 6.54 Å². The van der Waals surface area contributed by atoms with Gasteiger partial charge in [-0.3, -0.25) is 4.90 Å². The van der Waals surface area contributed by atoms with Gasteiger partial charge in [0, 0.05) is 19.6 Å². The Kier molecular flexibility index (Phi) is 4.78. The van der Waals surface area contributed by atoms with Gasteiger partial charge in [-0.15, -0.1) is 0 Å². The van der Waals surface area contributed by atoms with Crippen LogP contribution in [0.15, 0.2) is 30.3 Å². The zero-order valence-electron chi connectivity index (χ0n) is 12.2. The first kappa shape index (κ1) is 15.0. The van der Waals surface area contributed by atoms with E-state index in [1.165, 1.54) is 5.56 Å². The lowest BCUT2D eigenvalue weighted by atomic mass is 9.91. The average Bonchev–Trinajstić information content (AvgIpc) is 2.42. The number of carbonyl (C=O) groups is 1. The Morgan fingerprint density at radius 2 is 1.90 bits per heavy atom. The fourth-order valence-corrected chi connectivity index (χ4v) is 2.45. The summed E-state index contributed by atoms with van der Waals surface area (Å²) in [5, 5.41) is 10.4. The van der Waals surface area contributed by atoms with Crippen molar-refractivity contribution >= 4 is 5.97 Å². The molecule has 1 aliphatic heterocycles. The molecule has 0 atom stereocenters. The summed E-state index contributed by atoms with van der Waals surface area (Å²) in [6, 6.07) is 10.2. The summed E-state index contributed by atoms with van der Waals surface area (Å²) in [7, 11) is 0. The summed E-state index contributed by atoms with van der Waals surface area (Å²) in [6.07, 6.45) is 0.686. The number of esters is 1. The number of likely N-dealkylation sites (tertiary alicyclic amines) is 1. The lowest BCUT2D eigenvalue weighted by Gasteiger charge is -2.36. The predicted octanol–water partition coefficient (Wildman–Crippen LogP) is 1.97. The molecule has 1 N–H and O–H groups in total. The van der Waals surface area contributed by atoms with Crippen LogP contribution in [0.25, 0.3) is 0 Å². The maximum absolute atomic E-state index is 11.9. The third kappa shape index (κ3) is 3.81. The van der Waals surface area contributed by atoms with Crippen LogP contribution in [0, 0.1) is 0 Å². The molecule has 0 aliphatic carbocycles. The minimum Gasteiger partial charge on any atom is -0.461 e. The second-order valence-electron chi connectivity index (χ2n) is 5.75. The van der Waals surface area contributed by atoms with Crippen LogP contribution in [0.5, 0.6) is 0 Å². The Hall–Kier alpha value is -1.39. The first-order valence-electron chi connectivity index (χ1n) is 7.19. The summed E-state index contributed by atoms with van der Waals surface area (Å²) in [5.41, 5.74) is -0.0556. The van der Waals surface area contributed by atoms with Gasteiger partial charge in [-0.25, -0.2) is 4.79 Å². The molecular formula is C16H23NO3. The Balaban J connectivity index is 1.87. The third-order valence-electron chi connectivity index (χ3n) is 3.65. The molecule has 0 unspecified atom stereocenters. The Labute approximate surface area is 120 Å². The van der Waals surface area contributed by atoms with Gasteiger partial charge in [0.25, 0.3) is 0 Å². The number of ether oxygens (including phenoxy) is 1. The molecule has 1 aliphatic rings. The lowest BCUT2D eigenvalue weighted by Crippen LogP contribution is -2.50. The zero-order valence-corrected chi connectivity index (χ0v) is 12.2. The molecule has 4 nitrogen and oxygen atoms in total. The van der Waals surface area contributed by atoms with Crippen LogP contribution in [0.3, 0.4) is 0 Å². The minimum atomic E-state index is -1.31. The molecule has 1 aromatic carbocycles. The van der Waals surface area contributed by atoms with Crippen molar-refractivity contribution in [1.29, 1.82) is 0 Å². The van der Waals surface area contributed by atoms with Gasteiger partial charge in [-0.05, 0) is 32.3 Å². The number of benzene rings is 1. The highest BCUT2D eigenvalue weighted by molar-refractivity contribution is 5.79. The van der Waals surface area contributed by atoms with Gasteiger partial charge in [0.2, 0.25) is 0 Å². The normalized spacial score (nSPS) is 19.0. The number of hydrogen-bond acceptors (Lipinski definition) is 4. The molecule has 0 radical (unpaired) electrons. The van der Waals surface area contributed by atoms with E-state index in [9.17, 15) is 9.90 Å². The van der Waals surface area contributed by atoms with Crippen LogP contribution in [-0.4, -0.2) is 40.8 Å². The zero-order chi connectivity index (χ0) is 14.6. The van der Waals surface area contributed by atoms with Crippen LogP contribution in [0.4, 0.5) is 0 Å². The van der Waals surface area contributed by atoms with Crippen molar-refractivity contribution in [3.63, 3.8) is 0 Å². The van der Waals surface area contributed by atoms with Gasteiger partial charge >= 0.3 is 5.97 Å². The second-order valence-corrected chi connectivity index (χ2v) is 5.75. The molecule has 0 saturated carbocycles. The van der Waals surface area contributed by atoms with Gasteiger partial charge < -0.3 is 9.84 Å². The van der Waals surface area contributed by atoms with E-state index in [1.54, 1.807) is 13.8 Å². The fraction of sp³-hybridized carbons (Fsp3) is 0.562. The van der Waals surface area contributed by atoms with E-state index >= 15 is 0 Å².